The minimum atomic E-state index is -1.28. The second-order valence-corrected chi connectivity index (χ2v) is 7.98. The fourth-order valence-electron chi connectivity index (χ4n) is 4.23. The van der Waals surface area contributed by atoms with E-state index in [9.17, 15) is 33.2 Å². The number of halogens is 1. The standard InChI is InChI=1S/C22H20FN3O9/c1-10(27)33-9-16(34-11(2)28)18-15(26-20(30)12-5-3-4-6-13(12)21(26)31)7-17(35-18)25-8-14(23)19(29)24-22(25)32/h3-6,8,15-18H,7,9H2,1-2H3,(H,24,29,32)/t15-,16+,17-,18-/m0/s1. The van der Waals surface area contributed by atoms with E-state index in [0.29, 0.717) is 6.20 Å². The van der Waals surface area contributed by atoms with Gasteiger partial charge in [-0.25, -0.2) is 4.79 Å². The molecule has 13 heteroatoms. The third-order valence-electron chi connectivity index (χ3n) is 5.66. The average Bonchev–Trinajstić information content (AvgIpc) is 3.33. The topological polar surface area (TPSA) is 154 Å². The molecule has 1 saturated heterocycles. The zero-order chi connectivity index (χ0) is 25.4. The number of H-pyrrole nitrogens is 1. The normalized spacial score (nSPS) is 22.1. The molecule has 12 nitrogen and oxygen atoms in total. The molecule has 2 aliphatic rings. The maximum Gasteiger partial charge on any atom is 0.330 e. The Morgan fingerprint density at radius 1 is 1.11 bits per heavy atom. The molecule has 0 bridgehead atoms. The third-order valence-corrected chi connectivity index (χ3v) is 5.66. The van der Waals surface area contributed by atoms with Gasteiger partial charge in [-0.2, -0.15) is 4.39 Å². The van der Waals surface area contributed by atoms with Crippen LogP contribution in [0.3, 0.4) is 0 Å². The molecule has 1 aromatic heterocycles. The predicted octanol–water partition coefficient (Wildman–Crippen LogP) is 0.123. The molecule has 1 fully saturated rings. The molecule has 4 rings (SSSR count). The van der Waals surface area contributed by atoms with Gasteiger partial charge in [-0.15, -0.1) is 0 Å². The van der Waals surface area contributed by atoms with Crippen LogP contribution in [0.5, 0.6) is 0 Å². The highest BCUT2D eigenvalue weighted by Crippen LogP contribution is 2.38. The smallest absolute Gasteiger partial charge is 0.330 e. The van der Waals surface area contributed by atoms with E-state index in [0.717, 1.165) is 23.3 Å². The zero-order valence-electron chi connectivity index (χ0n) is 18.6. The molecule has 1 aromatic carbocycles. The molecule has 2 aromatic rings. The number of carbonyl (C=O) groups excluding carboxylic acids is 4. The minimum absolute atomic E-state index is 0.149. The molecule has 2 amide bonds. The van der Waals surface area contributed by atoms with Crippen LogP contribution in [0.1, 0.15) is 47.2 Å². The van der Waals surface area contributed by atoms with Crippen LogP contribution >= 0.6 is 0 Å². The van der Waals surface area contributed by atoms with E-state index >= 15 is 0 Å². The number of fused-ring (bicyclic) bond motifs is 1. The molecule has 0 aliphatic carbocycles. The molecule has 35 heavy (non-hydrogen) atoms. The minimum Gasteiger partial charge on any atom is -0.462 e. The van der Waals surface area contributed by atoms with Gasteiger partial charge in [0.1, 0.15) is 18.9 Å². The first-order valence-corrected chi connectivity index (χ1v) is 10.5. The van der Waals surface area contributed by atoms with Gasteiger partial charge >= 0.3 is 17.6 Å². The van der Waals surface area contributed by atoms with Gasteiger partial charge in [-0.1, -0.05) is 12.1 Å². The molecule has 0 radical (unpaired) electrons. The van der Waals surface area contributed by atoms with Crippen molar-refractivity contribution in [3.05, 3.63) is 68.2 Å². The van der Waals surface area contributed by atoms with Crippen LogP contribution in [0, 0.1) is 5.82 Å². The molecule has 0 spiro atoms. The SMILES string of the molecule is CC(=O)OC[C@@H](OC(C)=O)[C@H]1O[C@H](n2cc(F)c(=O)[nH]c2=O)C[C@@H]1N1C(=O)c2ccccc2C1=O. The van der Waals surface area contributed by atoms with Crippen molar-refractivity contribution in [3.8, 4) is 0 Å². The van der Waals surface area contributed by atoms with Gasteiger partial charge in [0.05, 0.1) is 23.4 Å². The highest BCUT2D eigenvalue weighted by molar-refractivity contribution is 6.21. The number of hydrogen-bond acceptors (Lipinski definition) is 9. The average molecular weight is 489 g/mol. The van der Waals surface area contributed by atoms with E-state index in [-0.39, 0.29) is 17.5 Å². The van der Waals surface area contributed by atoms with Gasteiger partial charge in [-0.3, -0.25) is 38.4 Å². The summed E-state index contributed by atoms with van der Waals surface area (Å²) in [6, 6.07) is 5.02. The van der Waals surface area contributed by atoms with Crippen LogP contribution in [-0.4, -0.2) is 63.1 Å². The van der Waals surface area contributed by atoms with Gasteiger partial charge in [0.25, 0.3) is 17.4 Å². The second kappa shape index (κ2) is 9.25. The van der Waals surface area contributed by atoms with E-state index in [2.05, 4.69) is 0 Å². The Morgan fingerprint density at radius 3 is 2.31 bits per heavy atom. The zero-order valence-corrected chi connectivity index (χ0v) is 18.6. The number of nitrogens with one attached hydrogen (secondary N) is 1. The lowest BCUT2D eigenvalue weighted by atomic mass is 10.0. The first-order chi connectivity index (χ1) is 16.6. The lowest BCUT2D eigenvalue weighted by Crippen LogP contribution is -2.51. The van der Waals surface area contributed by atoms with Gasteiger partial charge in [0.2, 0.25) is 5.82 Å². The lowest BCUT2D eigenvalue weighted by molar-refractivity contribution is -0.169. The van der Waals surface area contributed by atoms with Gasteiger partial charge in [0.15, 0.2) is 6.10 Å². The number of hydrogen-bond donors (Lipinski definition) is 1. The van der Waals surface area contributed by atoms with Crippen LogP contribution in [0.25, 0.3) is 0 Å². The van der Waals surface area contributed by atoms with Crippen molar-refractivity contribution in [1.29, 1.82) is 0 Å². The first-order valence-electron chi connectivity index (χ1n) is 10.5. The lowest BCUT2D eigenvalue weighted by Gasteiger charge is -2.31. The fourth-order valence-corrected chi connectivity index (χ4v) is 4.23. The monoisotopic (exact) mass is 489 g/mol. The van der Waals surface area contributed by atoms with Crippen molar-refractivity contribution in [2.75, 3.05) is 6.61 Å². The molecule has 3 heterocycles. The molecule has 184 valence electrons. The number of imide groups is 1. The summed E-state index contributed by atoms with van der Waals surface area (Å²) >= 11 is 0. The first kappa shape index (κ1) is 24.0. The van der Waals surface area contributed by atoms with Gasteiger partial charge < -0.3 is 14.2 Å². The number of rotatable bonds is 6. The number of nitrogens with zero attached hydrogens (tertiary/aromatic N) is 2. The molecule has 0 unspecified atom stereocenters. The number of amides is 2. The summed E-state index contributed by atoms with van der Waals surface area (Å²) in [7, 11) is 0. The van der Waals surface area contributed by atoms with Gasteiger partial charge in [-0.05, 0) is 12.1 Å². The molecular weight excluding hydrogens is 469 g/mol. The van der Waals surface area contributed by atoms with E-state index in [1.54, 1.807) is 12.1 Å². The van der Waals surface area contributed by atoms with Crippen molar-refractivity contribution >= 4 is 23.8 Å². The Balaban J connectivity index is 1.76. The Bertz CT molecular complexity index is 1300. The van der Waals surface area contributed by atoms with E-state index in [4.69, 9.17) is 14.2 Å². The van der Waals surface area contributed by atoms with E-state index in [1.165, 1.54) is 12.1 Å². The quantitative estimate of drug-likeness (QED) is 0.440. The Kier molecular flexibility index (Phi) is 6.35. The number of esters is 2. The van der Waals surface area contributed by atoms with Crippen molar-refractivity contribution in [2.45, 2.75) is 44.7 Å². The highest BCUT2D eigenvalue weighted by Gasteiger charge is 2.51. The van der Waals surface area contributed by atoms with Crippen molar-refractivity contribution in [1.82, 2.24) is 14.5 Å². The van der Waals surface area contributed by atoms with Crippen LogP contribution in [-0.2, 0) is 23.8 Å². The summed E-state index contributed by atoms with van der Waals surface area (Å²) in [6.07, 6.45) is -3.37. The fraction of sp³-hybridized carbons (Fsp3) is 0.364. The maximum absolute atomic E-state index is 13.9. The van der Waals surface area contributed by atoms with Crippen molar-refractivity contribution in [3.63, 3.8) is 0 Å². The van der Waals surface area contributed by atoms with Crippen LogP contribution < -0.4 is 11.2 Å². The molecule has 4 atom stereocenters. The maximum atomic E-state index is 13.9. The molecule has 1 N–H and O–H groups in total. The number of aromatic nitrogens is 2. The van der Waals surface area contributed by atoms with Crippen LogP contribution in [0.2, 0.25) is 0 Å². The summed E-state index contributed by atoms with van der Waals surface area (Å²) in [5.41, 5.74) is -1.93. The Hall–Kier alpha value is -4.13. The predicted molar refractivity (Wildman–Crippen MR) is 113 cm³/mol. The Morgan fingerprint density at radius 2 is 1.74 bits per heavy atom. The molecule has 0 saturated carbocycles. The Labute approximate surface area is 196 Å². The summed E-state index contributed by atoms with van der Waals surface area (Å²) in [5.74, 6) is -3.99. The van der Waals surface area contributed by atoms with Crippen LogP contribution in [0.15, 0.2) is 40.1 Å². The van der Waals surface area contributed by atoms with Crippen molar-refractivity contribution in [2.24, 2.45) is 0 Å². The highest BCUT2D eigenvalue weighted by atomic mass is 19.1. The number of benzene rings is 1. The largest absolute Gasteiger partial charge is 0.462 e. The van der Waals surface area contributed by atoms with Crippen molar-refractivity contribution < 1.29 is 37.8 Å². The van der Waals surface area contributed by atoms with E-state index in [1.807, 2.05) is 4.98 Å². The molecule has 2 aliphatic heterocycles. The third kappa shape index (κ3) is 4.49. The summed E-state index contributed by atoms with van der Waals surface area (Å²) < 4.78 is 30.9. The number of carbonyl (C=O) groups is 4. The second-order valence-electron chi connectivity index (χ2n) is 7.98. The number of ether oxygens (including phenoxy) is 3. The van der Waals surface area contributed by atoms with Crippen LogP contribution in [0.4, 0.5) is 4.39 Å². The summed E-state index contributed by atoms with van der Waals surface area (Å²) in [5, 5.41) is 0. The van der Waals surface area contributed by atoms with E-state index < -0.39 is 71.9 Å². The number of aromatic amines is 1. The molecular formula is C22H20FN3O9. The summed E-state index contributed by atoms with van der Waals surface area (Å²) in [4.78, 5) is 76.0. The summed E-state index contributed by atoms with van der Waals surface area (Å²) in [6.45, 7) is 1.76. The van der Waals surface area contributed by atoms with Gasteiger partial charge in [0, 0.05) is 20.3 Å².